The molecule has 0 saturated carbocycles. The predicted octanol–water partition coefficient (Wildman–Crippen LogP) is 2.46. The summed E-state index contributed by atoms with van der Waals surface area (Å²) in [4.78, 5) is 0.349. The third-order valence-corrected chi connectivity index (χ3v) is 5.67. The van der Waals surface area contributed by atoms with Crippen LogP contribution in [0, 0.1) is 0 Å². The lowest BCUT2D eigenvalue weighted by Gasteiger charge is -2.19. The summed E-state index contributed by atoms with van der Waals surface area (Å²) in [5.74, 6) is 0.954. The highest BCUT2D eigenvalue weighted by Crippen LogP contribution is 2.25. The van der Waals surface area contributed by atoms with Gasteiger partial charge in [-0.1, -0.05) is 6.07 Å². The number of benzene rings is 1. The van der Waals surface area contributed by atoms with E-state index < -0.39 is 10.0 Å². The van der Waals surface area contributed by atoms with Gasteiger partial charge in [0, 0.05) is 18.3 Å². The van der Waals surface area contributed by atoms with E-state index in [1.807, 2.05) is 19.2 Å². The quantitative estimate of drug-likeness (QED) is 0.847. The second-order valence-electron chi connectivity index (χ2n) is 5.15. The molecule has 0 amide bonds. The van der Waals surface area contributed by atoms with E-state index in [4.69, 9.17) is 0 Å². The molecule has 1 aromatic carbocycles. The Morgan fingerprint density at radius 3 is 3.00 bits per heavy atom. The van der Waals surface area contributed by atoms with Crippen molar-refractivity contribution in [1.82, 2.24) is 4.72 Å². The molecule has 4 nitrogen and oxygen atoms in total. The van der Waals surface area contributed by atoms with Crippen LogP contribution in [-0.2, 0) is 16.4 Å². The van der Waals surface area contributed by atoms with Crippen LogP contribution >= 0.6 is 11.8 Å². The fraction of sp³-hybridized carbons (Fsp3) is 0.571. The fourth-order valence-corrected chi connectivity index (χ4v) is 4.19. The van der Waals surface area contributed by atoms with Gasteiger partial charge >= 0.3 is 0 Å². The van der Waals surface area contributed by atoms with Crippen molar-refractivity contribution in [3.05, 3.63) is 23.8 Å². The molecule has 0 radical (unpaired) electrons. The maximum atomic E-state index is 12.3. The molecule has 0 bridgehead atoms. The molecule has 1 unspecified atom stereocenters. The van der Waals surface area contributed by atoms with Gasteiger partial charge in [0.2, 0.25) is 10.0 Å². The lowest BCUT2D eigenvalue weighted by molar-refractivity contribution is 0.557. The highest BCUT2D eigenvalue weighted by atomic mass is 32.2. The van der Waals surface area contributed by atoms with E-state index in [0.29, 0.717) is 4.90 Å². The van der Waals surface area contributed by atoms with Crippen LogP contribution in [0.5, 0.6) is 0 Å². The van der Waals surface area contributed by atoms with Crippen LogP contribution in [0.4, 0.5) is 5.69 Å². The third kappa shape index (κ3) is 3.90. The van der Waals surface area contributed by atoms with Crippen molar-refractivity contribution in [2.75, 3.05) is 23.9 Å². The summed E-state index contributed by atoms with van der Waals surface area (Å²) in [6.07, 6.45) is 4.98. The van der Waals surface area contributed by atoms with Gasteiger partial charge in [-0.2, -0.15) is 11.8 Å². The average molecular weight is 314 g/mol. The first-order valence-corrected chi connectivity index (χ1v) is 9.78. The Morgan fingerprint density at radius 2 is 2.25 bits per heavy atom. The molecule has 0 fully saturated rings. The minimum absolute atomic E-state index is 0.0450. The molecule has 1 aromatic rings. The van der Waals surface area contributed by atoms with Crippen molar-refractivity contribution in [2.45, 2.75) is 37.1 Å². The summed E-state index contributed by atoms with van der Waals surface area (Å²) in [5, 5.41) is 3.27. The first kappa shape index (κ1) is 15.7. The summed E-state index contributed by atoms with van der Waals surface area (Å²) in [6.45, 7) is 2.82. The summed E-state index contributed by atoms with van der Waals surface area (Å²) in [6, 6.07) is 5.33. The van der Waals surface area contributed by atoms with Crippen LogP contribution in [0.15, 0.2) is 23.1 Å². The number of fused-ring (bicyclic) bond motifs is 1. The van der Waals surface area contributed by atoms with E-state index in [-0.39, 0.29) is 6.04 Å². The molecule has 6 heteroatoms. The maximum absolute atomic E-state index is 12.3. The fourth-order valence-electron chi connectivity index (χ4n) is 2.29. The number of anilines is 1. The number of thioether (sulfide) groups is 1. The SMILES string of the molecule is CSCCC(C)NS(=O)(=O)c1ccc2c(c1)NCCC2. The lowest BCUT2D eigenvalue weighted by Crippen LogP contribution is -2.33. The summed E-state index contributed by atoms with van der Waals surface area (Å²) in [7, 11) is -3.42. The average Bonchev–Trinajstić information content (AvgIpc) is 2.44. The van der Waals surface area contributed by atoms with Gasteiger partial charge < -0.3 is 5.32 Å². The van der Waals surface area contributed by atoms with Gasteiger partial charge in [-0.3, -0.25) is 0 Å². The van der Waals surface area contributed by atoms with E-state index in [2.05, 4.69) is 10.0 Å². The molecule has 20 heavy (non-hydrogen) atoms. The summed E-state index contributed by atoms with van der Waals surface area (Å²) in [5.41, 5.74) is 2.15. The predicted molar refractivity (Wildman–Crippen MR) is 86.0 cm³/mol. The molecule has 1 heterocycles. The molecule has 0 spiro atoms. The van der Waals surface area contributed by atoms with E-state index >= 15 is 0 Å². The van der Waals surface area contributed by atoms with Crippen molar-refractivity contribution in [1.29, 1.82) is 0 Å². The Hall–Kier alpha value is -0.720. The molecular formula is C14H22N2O2S2. The van der Waals surface area contributed by atoms with Gasteiger partial charge in [0.15, 0.2) is 0 Å². The standard InChI is InChI=1S/C14H22N2O2S2/c1-11(7-9-19-2)16-20(17,18)13-6-5-12-4-3-8-15-14(12)10-13/h5-6,10-11,15-16H,3-4,7-9H2,1-2H3. The molecule has 2 rings (SSSR count). The molecule has 0 saturated heterocycles. The van der Waals surface area contributed by atoms with E-state index in [1.54, 1.807) is 23.9 Å². The van der Waals surface area contributed by atoms with Crippen molar-refractivity contribution >= 4 is 27.5 Å². The smallest absolute Gasteiger partial charge is 0.240 e. The molecule has 2 N–H and O–H groups in total. The largest absolute Gasteiger partial charge is 0.385 e. The molecule has 0 aliphatic carbocycles. The second kappa shape index (κ2) is 6.83. The first-order valence-electron chi connectivity index (χ1n) is 6.91. The zero-order chi connectivity index (χ0) is 14.6. The first-order chi connectivity index (χ1) is 9.53. The summed E-state index contributed by atoms with van der Waals surface area (Å²) >= 11 is 1.73. The highest BCUT2D eigenvalue weighted by Gasteiger charge is 2.19. The Labute approximate surface area is 125 Å². The third-order valence-electron chi connectivity index (χ3n) is 3.44. The summed E-state index contributed by atoms with van der Waals surface area (Å²) < 4.78 is 27.4. The van der Waals surface area contributed by atoms with Crippen LogP contribution in [-0.4, -0.2) is 33.0 Å². The van der Waals surface area contributed by atoms with Gasteiger partial charge in [0.25, 0.3) is 0 Å². The zero-order valence-electron chi connectivity index (χ0n) is 12.0. The minimum atomic E-state index is -3.42. The van der Waals surface area contributed by atoms with Gasteiger partial charge in [-0.05, 0) is 55.9 Å². The maximum Gasteiger partial charge on any atom is 0.240 e. The van der Waals surface area contributed by atoms with Crippen LogP contribution in [0.25, 0.3) is 0 Å². The van der Waals surface area contributed by atoms with E-state index in [0.717, 1.165) is 37.2 Å². The zero-order valence-corrected chi connectivity index (χ0v) is 13.6. The number of hydrogen-bond donors (Lipinski definition) is 2. The van der Waals surface area contributed by atoms with Crippen molar-refractivity contribution in [3.63, 3.8) is 0 Å². The molecule has 112 valence electrons. The number of sulfonamides is 1. The second-order valence-corrected chi connectivity index (χ2v) is 7.85. The van der Waals surface area contributed by atoms with Crippen molar-refractivity contribution in [2.24, 2.45) is 0 Å². The number of nitrogens with one attached hydrogen (secondary N) is 2. The molecule has 1 atom stereocenters. The molecule has 0 aromatic heterocycles. The van der Waals surface area contributed by atoms with Gasteiger partial charge in [-0.15, -0.1) is 0 Å². The minimum Gasteiger partial charge on any atom is -0.385 e. The van der Waals surface area contributed by atoms with Crippen LogP contribution in [0.1, 0.15) is 25.3 Å². The Kier molecular flexibility index (Phi) is 5.35. The topological polar surface area (TPSA) is 58.2 Å². The Morgan fingerprint density at radius 1 is 1.45 bits per heavy atom. The van der Waals surface area contributed by atoms with Gasteiger partial charge in [0.05, 0.1) is 4.90 Å². The molecule has 1 aliphatic rings. The van der Waals surface area contributed by atoms with Crippen molar-refractivity contribution < 1.29 is 8.42 Å². The molecular weight excluding hydrogens is 292 g/mol. The molecule has 1 aliphatic heterocycles. The Bertz CT molecular complexity index is 558. The van der Waals surface area contributed by atoms with Crippen LogP contribution < -0.4 is 10.0 Å². The van der Waals surface area contributed by atoms with Gasteiger partial charge in [-0.25, -0.2) is 13.1 Å². The number of rotatable bonds is 6. The Balaban J connectivity index is 2.13. The van der Waals surface area contributed by atoms with E-state index in [9.17, 15) is 8.42 Å². The van der Waals surface area contributed by atoms with E-state index in [1.165, 1.54) is 5.56 Å². The number of hydrogen-bond acceptors (Lipinski definition) is 4. The number of aryl methyl sites for hydroxylation is 1. The highest BCUT2D eigenvalue weighted by molar-refractivity contribution is 7.98. The van der Waals surface area contributed by atoms with Gasteiger partial charge in [0.1, 0.15) is 0 Å². The van der Waals surface area contributed by atoms with Crippen molar-refractivity contribution in [3.8, 4) is 0 Å². The normalized spacial score (nSPS) is 16.3. The lowest BCUT2D eigenvalue weighted by atomic mass is 10.0. The van der Waals surface area contributed by atoms with Crippen LogP contribution in [0.3, 0.4) is 0 Å². The monoisotopic (exact) mass is 314 g/mol. The van der Waals surface area contributed by atoms with Crippen LogP contribution in [0.2, 0.25) is 0 Å².